The van der Waals surface area contributed by atoms with Crippen molar-refractivity contribution in [2.45, 2.75) is 92.8 Å². The van der Waals surface area contributed by atoms with Crippen molar-refractivity contribution in [3.8, 4) is 0 Å². The van der Waals surface area contributed by atoms with Crippen LogP contribution in [0, 0.1) is 0 Å². The van der Waals surface area contributed by atoms with Crippen LogP contribution in [-0.2, 0) is 18.9 Å². The summed E-state index contributed by atoms with van der Waals surface area (Å²) in [6.45, 7) is 0.350. The molecule has 1 aliphatic carbocycles. The predicted molar refractivity (Wildman–Crippen MR) is 109 cm³/mol. The molecule has 14 nitrogen and oxygen atoms in total. The monoisotopic (exact) mass is 470 g/mol. The highest BCUT2D eigenvalue weighted by molar-refractivity contribution is 5.01. The lowest BCUT2D eigenvalue weighted by Crippen LogP contribution is -2.65. The molecule has 14 N–H and O–H groups in total. The van der Waals surface area contributed by atoms with Gasteiger partial charge in [0, 0.05) is 18.1 Å². The van der Waals surface area contributed by atoms with E-state index in [0.717, 1.165) is 0 Å². The third kappa shape index (κ3) is 6.31. The molecule has 0 aromatic carbocycles. The van der Waals surface area contributed by atoms with Crippen LogP contribution in [0.5, 0.6) is 0 Å². The zero-order valence-electron chi connectivity index (χ0n) is 18.0. The molecule has 0 aromatic heterocycles. The van der Waals surface area contributed by atoms with Gasteiger partial charge < -0.3 is 72.5 Å². The first-order valence-electron chi connectivity index (χ1n) is 10.6. The number of nitrogens with two attached hydrogens (primary N) is 4. The van der Waals surface area contributed by atoms with Crippen LogP contribution < -0.4 is 22.9 Å². The van der Waals surface area contributed by atoms with Crippen molar-refractivity contribution in [1.82, 2.24) is 0 Å². The van der Waals surface area contributed by atoms with Crippen LogP contribution in [0.3, 0.4) is 0 Å². The molecule has 2 fully saturated rings. The maximum atomic E-state index is 10.7. The summed E-state index contributed by atoms with van der Waals surface area (Å²) in [6, 6.07) is -3.43. The SMILES string of the molecule is C[C@H](N)C1OC(O[C@H]2C(O)C(N)CC(N)C2OC(OCCO)C(N)C(O)CO)C(O)C1O. The minimum absolute atomic E-state index is 0.134. The van der Waals surface area contributed by atoms with Gasteiger partial charge in [0.1, 0.15) is 30.5 Å². The second-order valence-electron chi connectivity index (χ2n) is 8.35. The van der Waals surface area contributed by atoms with E-state index < -0.39 is 86.1 Å². The summed E-state index contributed by atoms with van der Waals surface area (Å²) in [6.07, 6.45) is -11.3. The Hall–Kier alpha value is -0.560. The van der Waals surface area contributed by atoms with Gasteiger partial charge in [-0.05, 0) is 13.3 Å². The standard InChI is InChI=1S/C18H38N4O10/c1-6(19)14-12(27)13(28)18(30-14)32-16-11(26)7(20)4-8(21)15(16)31-17(29-3-2-23)10(22)9(25)5-24/h6-18,23-28H,2-5,19-22H2,1H3/t6-,7?,8?,9?,10?,11?,12?,13?,14?,15?,16-,17?,18?/m0/s1. The van der Waals surface area contributed by atoms with Crippen molar-refractivity contribution in [3.05, 3.63) is 0 Å². The third-order valence-electron chi connectivity index (χ3n) is 5.74. The first kappa shape index (κ1) is 27.7. The average Bonchev–Trinajstić information content (AvgIpc) is 3.04. The van der Waals surface area contributed by atoms with Crippen molar-refractivity contribution in [1.29, 1.82) is 0 Å². The highest BCUT2D eigenvalue weighted by atomic mass is 16.7. The quantitative estimate of drug-likeness (QED) is 0.126. The third-order valence-corrected chi connectivity index (χ3v) is 5.74. The molecule has 2 aliphatic rings. The minimum atomic E-state index is -1.46. The molecule has 11 unspecified atom stereocenters. The summed E-state index contributed by atoms with van der Waals surface area (Å²) in [4.78, 5) is 0. The van der Waals surface area contributed by atoms with Crippen LogP contribution in [0.2, 0.25) is 0 Å². The second-order valence-corrected chi connectivity index (χ2v) is 8.35. The normalized spacial score (nSPS) is 41.9. The summed E-state index contributed by atoms with van der Waals surface area (Å²) in [5.74, 6) is 0. The first-order valence-corrected chi connectivity index (χ1v) is 10.6. The fourth-order valence-electron chi connectivity index (χ4n) is 3.85. The Labute approximate surface area is 186 Å². The summed E-state index contributed by atoms with van der Waals surface area (Å²) in [5.41, 5.74) is 23.9. The van der Waals surface area contributed by atoms with Crippen molar-refractivity contribution >= 4 is 0 Å². The Balaban J connectivity index is 2.23. The van der Waals surface area contributed by atoms with Crippen molar-refractivity contribution in [2.24, 2.45) is 22.9 Å². The molecule has 0 radical (unpaired) electrons. The molecular formula is C18H38N4O10. The van der Waals surface area contributed by atoms with Gasteiger partial charge in [-0.2, -0.15) is 0 Å². The van der Waals surface area contributed by atoms with Crippen LogP contribution in [0.25, 0.3) is 0 Å². The molecule has 1 aliphatic heterocycles. The Morgan fingerprint density at radius 2 is 1.66 bits per heavy atom. The lowest BCUT2D eigenvalue weighted by Gasteiger charge is -2.44. The number of hydrogen-bond acceptors (Lipinski definition) is 14. The molecule has 0 aromatic rings. The molecule has 190 valence electrons. The van der Waals surface area contributed by atoms with Crippen LogP contribution in [0.4, 0.5) is 0 Å². The highest BCUT2D eigenvalue weighted by Gasteiger charge is 2.51. The lowest BCUT2D eigenvalue weighted by atomic mass is 9.84. The summed E-state index contributed by atoms with van der Waals surface area (Å²) >= 11 is 0. The van der Waals surface area contributed by atoms with E-state index >= 15 is 0 Å². The van der Waals surface area contributed by atoms with E-state index in [9.17, 15) is 25.5 Å². The number of aliphatic hydroxyl groups excluding tert-OH is 6. The molecule has 1 saturated carbocycles. The number of aliphatic hydroxyl groups is 6. The molecule has 0 spiro atoms. The molecule has 32 heavy (non-hydrogen) atoms. The number of hydrogen-bond donors (Lipinski definition) is 10. The Kier molecular flexibility index (Phi) is 10.6. The predicted octanol–water partition coefficient (Wildman–Crippen LogP) is -6.01. The van der Waals surface area contributed by atoms with Crippen LogP contribution >= 0.6 is 0 Å². The van der Waals surface area contributed by atoms with E-state index in [1.807, 2.05) is 0 Å². The molecule has 2 rings (SSSR count). The minimum Gasteiger partial charge on any atom is -0.394 e. The largest absolute Gasteiger partial charge is 0.394 e. The lowest BCUT2D eigenvalue weighted by molar-refractivity contribution is -0.279. The van der Waals surface area contributed by atoms with Crippen molar-refractivity contribution in [3.63, 3.8) is 0 Å². The molecule has 1 heterocycles. The summed E-state index contributed by atoms with van der Waals surface area (Å²) < 4.78 is 22.5. The molecule has 14 heteroatoms. The molecule has 13 atom stereocenters. The van der Waals surface area contributed by atoms with Gasteiger partial charge in [-0.15, -0.1) is 0 Å². The maximum Gasteiger partial charge on any atom is 0.187 e. The van der Waals surface area contributed by atoms with E-state index in [4.69, 9.17) is 47.0 Å². The first-order chi connectivity index (χ1) is 15.0. The van der Waals surface area contributed by atoms with Crippen LogP contribution in [0.1, 0.15) is 13.3 Å². The highest BCUT2D eigenvalue weighted by Crippen LogP contribution is 2.31. The zero-order valence-corrected chi connectivity index (χ0v) is 18.0. The fourth-order valence-corrected chi connectivity index (χ4v) is 3.85. The van der Waals surface area contributed by atoms with Crippen LogP contribution in [0.15, 0.2) is 0 Å². The van der Waals surface area contributed by atoms with Gasteiger partial charge in [0.25, 0.3) is 0 Å². The van der Waals surface area contributed by atoms with Crippen molar-refractivity contribution in [2.75, 3.05) is 19.8 Å². The van der Waals surface area contributed by atoms with Crippen LogP contribution in [-0.4, -0.2) is 130 Å². The average molecular weight is 471 g/mol. The van der Waals surface area contributed by atoms with E-state index in [-0.39, 0.29) is 19.6 Å². The van der Waals surface area contributed by atoms with Gasteiger partial charge in [0.05, 0.1) is 38.1 Å². The van der Waals surface area contributed by atoms with E-state index in [1.54, 1.807) is 6.92 Å². The second kappa shape index (κ2) is 12.2. The Morgan fingerprint density at radius 3 is 2.19 bits per heavy atom. The molecule has 0 amide bonds. The van der Waals surface area contributed by atoms with E-state index in [0.29, 0.717) is 0 Å². The molecule has 0 bridgehead atoms. The maximum absolute atomic E-state index is 10.7. The van der Waals surface area contributed by atoms with Gasteiger partial charge in [-0.3, -0.25) is 0 Å². The van der Waals surface area contributed by atoms with Crippen molar-refractivity contribution < 1.29 is 49.6 Å². The molecule has 1 saturated heterocycles. The number of rotatable bonds is 11. The summed E-state index contributed by atoms with van der Waals surface area (Å²) in [5, 5.41) is 59.4. The Bertz CT molecular complexity index is 564. The Morgan fingerprint density at radius 1 is 1.00 bits per heavy atom. The van der Waals surface area contributed by atoms with Gasteiger partial charge >= 0.3 is 0 Å². The summed E-state index contributed by atoms with van der Waals surface area (Å²) in [7, 11) is 0. The van der Waals surface area contributed by atoms with Gasteiger partial charge in [0.2, 0.25) is 0 Å². The smallest absolute Gasteiger partial charge is 0.187 e. The zero-order chi connectivity index (χ0) is 24.2. The topological polar surface area (TPSA) is 262 Å². The molecular weight excluding hydrogens is 432 g/mol. The van der Waals surface area contributed by atoms with E-state index in [1.165, 1.54) is 0 Å². The fraction of sp³-hybridized carbons (Fsp3) is 1.00. The van der Waals surface area contributed by atoms with Gasteiger partial charge in [-0.25, -0.2) is 0 Å². The van der Waals surface area contributed by atoms with Gasteiger partial charge in [0.15, 0.2) is 12.6 Å². The van der Waals surface area contributed by atoms with Gasteiger partial charge in [-0.1, -0.05) is 0 Å². The number of ether oxygens (including phenoxy) is 4. The van der Waals surface area contributed by atoms with E-state index in [2.05, 4.69) is 0 Å².